The molecule has 2 unspecified atom stereocenters. The van der Waals surface area contributed by atoms with Crippen molar-refractivity contribution in [3.63, 3.8) is 0 Å². The van der Waals surface area contributed by atoms with E-state index < -0.39 is 0 Å². The summed E-state index contributed by atoms with van der Waals surface area (Å²) in [4.78, 5) is 26.8. The van der Waals surface area contributed by atoms with Crippen LogP contribution in [0.25, 0.3) is 0 Å². The number of hydrogen-bond donors (Lipinski definition) is 1. The third-order valence-electron chi connectivity index (χ3n) is 4.86. The summed E-state index contributed by atoms with van der Waals surface area (Å²) in [5.74, 6) is 1.31. The molecule has 4 nitrogen and oxygen atoms in total. The second kappa shape index (κ2) is 5.14. The van der Waals surface area contributed by atoms with Crippen molar-refractivity contribution in [3.8, 4) is 0 Å². The molecule has 2 amide bonds. The Labute approximate surface area is 114 Å². The molecule has 0 aromatic carbocycles. The van der Waals surface area contributed by atoms with E-state index in [-0.39, 0.29) is 23.9 Å². The van der Waals surface area contributed by atoms with Crippen LogP contribution in [-0.2, 0) is 9.59 Å². The van der Waals surface area contributed by atoms with E-state index in [2.05, 4.69) is 12.2 Å². The number of rotatable bonds is 5. The molecule has 2 saturated carbocycles. The van der Waals surface area contributed by atoms with Crippen LogP contribution in [0.2, 0.25) is 0 Å². The van der Waals surface area contributed by atoms with Gasteiger partial charge in [-0.15, -0.1) is 0 Å². The molecular formula is C15H24N2O2. The topological polar surface area (TPSA) is 49.4 Å². The van der Waals surface area contributed by atoms with Gasteiger partial charge in [0.1, 0.15) is 12.1 Å². The Morgan fingerprint density at radius 1 is 1.21 bits per heavy atom. The summed E-state index contributed by atoms with van der Waals surface area (Å²) in [5, 5.41) is 2.97. The van der Waals surface area contributed by atoms with E-state index in [1.54, 1.807) is 0 Å². The summed E-state index contributed by atoms with van der Waals surface area (Å²) in [6.45, 7) is 2.88. The molecule has 3 aliphatic rings. The molecule has 1 aliphatic heterocycles. The van der Waals surface area contributed by atoms with Gasteiger partial charge in [0.2, 0.25) is 11.8 Å². The van der Waals surface area contributed by atoms with Crippen LogP contribution in [0.5, 0.6) is 0 Å². The molecule has 0 aromatic rings. The first kappa shape index (κ1) is 12.9. The van der Waals surface area contributed by atoms with E-state index in [0.717, 1.165) is 32.2 Å². The third kappa shape index (κ3) is 2.49. The predicted molar refractivity (Wildman–Crippen MR) is 72.4 cm³/mol. The minimum atomic E-state index is -0.222. The van der Waals surface area contributed by atoms with Crippen LogP contribution in [0.1, 0.15) is 51.9 Å². The summed E-state index contributed by atoms with van der Waals surface area (Å²) in [6, 6.07) is -0.436. The zero-order chi connectivity index (χ0) is 13.4. The molecule has 1 N–H and O–H groups in total. The van der Waals surface area contributed by atoms with Crippen LogP contribution < -0.4 is 5.32 Å². The van der Waals surface area contributed by atoms with Crippen LogP contribution in [0.4, 0.5) is 0 Å². The maximum Gasteiger partial charge on any atom is 0.246 e. The Kier molecular flexibility index (Phi) is 3.50. The van der Waals surface area contributed by atoms with Crippen molar-refractivity contribution in [2.24, 2.45) is 11.8 Å². The molecule has 0 spiro atoms. The van der Waals surface area contributed by atoms with Gasteiger partial charge in [-0.3, -0.25) is 9.59 Å². The molecule has 1 heterocycles. The number of carbonyl (C=O) groups is 2. The SMILES string of the molecule is CCCC1C(=O)NC(C2CC2)C(=O)N1CC1CCC1. The van der Waals surface area contributed by atoms with Gasteiger partial charge in [-0.2, -0.15) is 0 Å². The average molecular weight is 264 g/mol. The fourth-order valence-electron chi connectivity index (χ4n) is 3.27. The van der Waals surface area contributed by atoms with Gasteiger partial charge in [-0.1, -0.05) is 19.8 Å². The number of hydrogen-bond acceptors (Lipinski definition) is 2. The minimum absolute atomic E-state index is 0.0812. The molecule has 0 radical (unpaired) electrons. The van der Waals surface area contributed by atoms with Crippen LogP contribution in [0.3, 0.4) is 0 Å². The largest absolute Gasteiger partial charge is 0.342 e. The standard InChI is InChI=1S/C15H24N2O2/c1-2-4-12-14(18)16-13(11-7-8-11)15(19)17(12)9-10-5-3-6-10/h10-13H,2-9H2,1H3,(H,16,18). The van der Waals surface area contributed by atoms with Gasteiger partial charge >= 0.3 is 0 Å². The summed E-state index contributed by atoms with van der Waals surface area (Å²) >= 11 is 0. The maximum atomic E-state index is 12.6. The Hall–Kier alpha value is -1.06. The first-order chi connectivity index (χ1) is 9.20. The molecule has 4 heteroatoms. The molecule has 2 atom stereocenters. The summed E-state index contributed by atoms with van der Waals surface area (Å²) in [6.07, 6.45) is 7.64. The van der Waals surface area contributed by atoms with Crippen molar-refractivity contribution < 1.29 is 9.59 Å². The number of nitrogens with zero attached hydrogens (tertiary/aromatic N) is 1. The lowest BCUT2D eigenvalue weighted by Gasteiger charge is -2.42. The van der Waals surface area contributed by atoms with E-state index >= 15 is 0 Å². The van der Waals surface area contributed by atoms with E-state index in [4.69, 9.17) is 0 Å². The summed E-state index contributed by atoms with van der Waals surface area (Å²) in [5.41, 5.74) is 0. The van der Waals surface area contributed by atoms with Crippen LogP contribution in [-0.4, -0.2) is 35.3 Å². The van der Waals surface area contributed by atoms with E-state index in [9.17, 15) is 9.59 Å². The van der Waals surface area contributed by atoms with Crippen LogP contribution in [0.15, 0.2) is 0 Å². The zero-order valence-electron chi connectivity index (χ0n) is 11.7. The maximum absolute atomic E-state index is 12.6. The Morgan fingerprint density at radius 2 is 1.95 bits per heavy atom. The van der Waals surface area contributed by atoms with Gasteiger partial charge in [-0.25, -0.2) is 0 Å². The quantitative estimate of drug-likeness (QED) is 0.821. The van der Waals surface area contributed by atoms with E-state index in [1.165, 1.54) is 19.3 Å². The fourth-order valence-corrected chi connectivity index (χ4v) is 3.27. The first-order valence-electron chi connectivity index (χ1n) is 7.81. The Morgan fingerprint density at radius 3 is 2.47 bits per heavy atom. The monoisotopic (exact) mass is 264 g/mol. The molecule has 0 aromatic heterocycles. The van der Waals surface area contributed by atoms with Gasteiger partial charge in [-0.05, 0) is 43.9 Å². The Balaban J connectivity index is 1.74. The first-order valence-corrected chi connectivity index (χ1v) is 7.81. The molecule has 2 aliphatic carbocycles. The van der Waals surface area contributed by atoms with Gasteiger partial charge in [0, 0.05) is 6.54 Å². The van der Waals surface area contributed by atoms with Crippen molar-refractivity contribution in [1.82, 2.24) is 10.2 Å². The molecule has 3 rings (SSSR count). The number of nitrogens with one attached hydrogen (secondary N) is 1. The lowest BCUT2D eigenvalue weighted by atomic mass is 9.84. The number of piperazine rings is 1. The zero-order valence-corrected chi connectivity index (χ0v) is 11.7. The Bertz CT molecular complexity index is 374. The number of carbonyl (C=O) groups excluding carboxylic acids is 2. The smallest absolute Gasteiger partial charge is 0.246 e. The van der Waals surface area contributed by atoms with Gasteiger partial charge in [0.25, 0.3) is 0 Å². The van der Waals surface area contributed by atoms with Crippen LogP contribution in [0, 0.1) is 11.8 Å². The third-order valence-corrected chi connectivity index (χ3v) is 4.86. The highest BCUT2D eigenvalue weighted by Gasteiger charge is 2.47. The molecule has 0 bridgehead atoms. The fraction of sp³-hybridized carbons (Fsp3) is 0.867. The van der Waals surface area contributed by atoms with Crippen molar-refractivity contribution >= 4 is 11.8 Å². The molecule has 19 heavy (non-hydrogen) atoms. The van der Waals surface area contributed by atoms with Gasteiger partial charge < -0.3 is 10.2 Å². The second-order valence-corrected chi connectivity index (χ2v) is 6.42. The van der Waals surface area contributed by atoms with Crippen LogP contribution >= 0.6 is 0 Å². The van der Waals surface area contributed by atoms with Crippen molar-refractivity contribution in [2.75, 3.05) is 6.54 Å². The summed E-state index contributed by atoms with van der Waals surface area (Å²) in [7, 11) is 0. The molecule has 3 fully saturated rings. The highest BCUT2D eigenvalue weighted by atomic mass is 16.2. The predicted octanol–water partition coefficient (Wildman–Crippen LogP) is 1.69. The van der Waals surface area contributed by atoms with Gasteiger partial charge in [0.15, 0.2) is 0 Å². The summed E-state index contributed by atoms with van der Waals surface area (Å²) < 4.78 is 0. The minimum Gasteiger partial charge on any atom is -0.342 e. The van der Waals surface area contributed by atoms with Crippen molar-refractivity contribution in [3.05, 3.63) is 0 Å². The molecular weight excluding hydrogens is 240 g/mol. The number of amides is 2. The van der Waals surface area contributed by atoms with Gasteiger partial charge in [0.05, 0.1) is 0 Å². The normalized spacial score (nSPS) is 32.2. The second-order valence-electron chi connectivity index (χ2n) is 6.42. The lowest BCUT2D eigenvalue weighted by Crippen LogP contribution is -2.64. The highest BCUT2D eigenvalue weighted by molar-refractivity contribution is 5.97. The highest BCUT2D eigenvalue weighted by Crippen LogP contribution is 2.36. The lowest BCUT2D eigenvalue weighted by molar-refractivity contribution is -0.151. The molecule has 106 valence electrons. The van der Waals surface area contributed by atoms with Crippen molar-refractivity contribution in [2.45, 2.75) is 64.0 Å². The molecule has 1 saturated heterocycles. The van der Waals surface area contributed by atoms with E-state index in [0.29, 0.717) is 11.8 Å². The van der Waals surface area contributed by atoms with E-state index in [1.807, 2.05) is 4.90 Å². The average Bonchev–Trinajstić information content (AvgIpc) is 3.15. The van der Waals surface area contributed by atoms with Crippen molar-refractivity contribution in [1.29, 1.82) is 0 Å².